The fraction of sp³-hybridized carbons (Fsp3) is 0.643. The zero-order valence-corrected chi connectivity index (χ0v) is 11.0. The summed E-state index contributed by atoms with van der Waals surface area (Å²) in [4.78, 5) is 9.65. The van der Waals surface area contributed by atoms with Crippen LogP contribution in [0.4, 0.5) is 5.82 Å². The highest BCUT2D eigenvalue weighted by Gasteiger charge is 2.27. The van der Waals surface area contributed by atoms with Crippen LogP contribution in [0.1, 0.15) is 19.3 Å². The second-order valence-corrected chi connectivity index (χ2v) is 5.16. The Morgan fingerprint density at radius 2 is 2.11 bits per heavy atom. The minimum Gasteiger partial charge on any atom is -0.481 e. The zero-order chi connectivity index (χ0) is 12.4. The largest absolute Gasteiger partial charge is 0.481 e. The molecular weight excluding hydrogens is 226 g/mol. The molecule has 0 aliphatic carbocycles. The number of hydrogen-bond acceptors (Lipinski definition) is 4. The molecule has 3 rings (SSSR count). The third-order valence-electron chi connectivity index (χ3n) is 4.10. The van der Waals surface area contributed by atoms with Gasteiger partial charge in [-0.1, -0.05) is 6.07 Å². The van der Waals surface area contributed by atoms with Crippen LogP contribution in [0.3, 0.4) is 0 Å². The number of aromatic nitrogens is 1. The van der Waals surface area contributed by atoms with Crippen molar-refractivity contribution in [3.8, 4) is 5.88 Å². The summed E-state index contributed by atoms with van der Waals surface area (Å²) >= 11 is 0. The smallest absolute Gasteiger partial charge is 0.214 e. The molecule has 98 valence electrons. The highest BCUT2D eigenvalue weighted by atomic mass is 16.5. The van der Waals surface area contributed by atoms with E-state index in [0.717, 1.165) is 18.9 Å². The Hall–Kier alpha value is -1.29. The van der Waals surface area contributed by atoms with E-state index in [2.05, 4.69) is 20.9 Å². The lowest BCUT2D eigenvalue weighted by atomic mass is 10.1. The van der Waals surface area contributed by atoms with Crippen molar-refractivity contribution in [3.05, 3.63) is 18.2 Å². The highest BCUT2D eigenvalue weighted by Crippen LogP contribution is 2.26. The number of pyridine rings is 1. The van der Waals surface area contributed by atoms with E-state index >= 15 is 0 Å². The van der Waals surface area contributed by atoms with E-state index in [0.29, 0.717) is 11.9 Å². The Morgan fingerprint density at radius 1 is 1.17 bits per heavy atom. The maximum Gasteiger partial charge on any atom is 0.214 e. The van der Waals surface area contributed by atoms with Crippen LogP contribution in [0.25, 0.3) is 0 Å². The van der Waals surface area contributed by atoms with Crippen LogP contribution in [-0.2, 0) is 0 Å². The van der Waals surface area contributed by atoms with Gasteiger partial charge in [0.1, 0.15) is 5.82 Å². The number of methoxy groups -OCH3 is 1. The lowest BCUT2D eigenvalue weighted by Gasteiger charge is -2.32. The Labute approximate surface area is 109 Å². The Balaban J connectivity index is 1.85. The quantitative estimate of drug-likeness (QED) is 0.796. The van der Waals surface area contributed by atoms with Gasteiger partial charge in [0.25, 0.3) is 0 Å². The first-order chi connectivity index (χ1) is 8.86. The van der Waals surface area contributed by atoms with Crippen LogP contribution in [0.5, 0.6) is 5.88 Å². The Bertz CT molecular complexity index is 410. The highest BCUT2D eigenvalue weighted by molar-refractivity contribution is 5.42. The molecule has 0 saturated carbocycles. The van der Waals surface area contributed by atoms with Crippen molar-refractivity contribution in [2.24, 2.45) is 0 Å². The summed E-state index contributed by atoms with van der Waals surface area (Å²) in [5, 5.41) is 0. The summed E-state index contributed by atoms with van der Waals surface area (Å²) in [5.41, 5.74) is 0. The molecule has 0 aromatic carbocycles. The molecule has 0 spiro atoms. The molecular formula is C14H21N3O. The van der Waals surface area contributed by atoms with Crippen molar-refractivity contribution in [3.63, 3.8) is 0 Å². The molecule has 3 heterocycles. The minimum atomic E-state index is 0.650. The molecule has 4 heteroatoms. The summed E-state index contributed by atoms with van der Waals surface area (Å²) in [6.07, 6.45) is 3.86. The van der Waals surface area contributed by atoms with Crippen LogP contribution in [0, 0.1) is 0 Å². The molecule has 2 bridgehead atoms. The second kappa shape index (κ2) is 5.14. The molecule has 0 amide bonds. The molecule has 0 radical (unpaired) electrons. The summed E-state index contributed by atoms with van der Waals surface area (Å²) in [7, 11) is 1.68. The summed E-state index contributed by atoms with van der Waals surface area (Å²) in [5.74, 6) is 1.78. The Kier molecular flexibility index (Phi) is 3.37. The number of ether oxygens (including phenoxy) is 1. The molecule has 1 aromatic rings. The molecule has 4 nitrogen and oxygen atoms in total. The van der Waals surface area contributed by atoms with Gasteiger partial charge in [-0.05, 0) is 31.9 Å². The minimum absolute atomic E-state index is 0.650. The van der Waals surface area contributed by atoms with Crippen LogP contribution >= 0.6 is 0 Å². The van der Waals surface area contributed by atoms with Gasteiger partial charge in [0.15, 0.2) is 0 Å². The van der Waals surface area contributed by atoms with Gasteiger partial charge in [-0.25, -0.2) is 0 Å². The first kappa shape index (κ1) is 11.8. The molecule has 0 N–H and O–H groups in total. The first-order valence-corrected chi connectivity index (χ1v) is 6.87. The Morgan fingerprint density at radius 3 is 3.00 bits per heavy atom. The van der Waals surface area contributed by atoms with Gasteiger partial charge < -0.3 is 14.5 Å². The third kappa shape index (κ3) is 2.29. The molecule has 2 aliphatic rings. The summed E-state index contributed by atoms with van der Waals surface area (Å²) < 4.78 is 5.23. The zero-order valence-electron chi connectivity index (χ0n) is 11.0. The molecule has 2 aliphatic heterocycles. The van der Waals surface area contributed by atoms with Gasteiger partial charge >= 0.3 is 0 Å². The molecule has 2 unspecified atom stereocenters. The van der Waals surface area contributed by atoms with Crippen molar-refractivity contribution in [2.45, 2.75) is 25.3 Å². The van der Waals surface area contributed by atoms with Gasteiger partial charge in [0, 0.05) is 31.7 Å². The average molecular weight is 247 g/mol. The normalized spacial score (nSPS) is 27.7. The monoisotopic (exact) mass is 247 g/mol. The van der Waals surface area contributed by atoms with Crippen LogP contribution in [-0.4, -0.2) is 49.2 Å². The van der Waals surface area contributed by atoms with Gasteiger partial charge in [-0.15, -0.1) is 0 Å². The van der Waals surface area contributed by atoms with Crippen molar-refractivity contribution in [1.82, 2.24) is 9.88 Å². The van der Waals surface area contributed by atoms with E-state index < -0.39 is 0 Å². The molecule has 1 aromatic heterocycles. The fourth-order valence-electron chi connectivity index (χ4n) is 3.08. The summed E-state index contributed by atoms with van der Waals surface area (Å²) in [6, 6.07) is 6.70. The maximum absolute atomic E-state index is 5.23. The van der Waals surface area contributed by atoms with Gasteiger partial charge in [0.05, 0.1) is 7.11 Å². The summed E-state index contributed by atoms with van der Waals surface area (Å²) in [6.45, 7) is 4.77. The predicted octanol–water partition coefficient (Wildman–Crippen LogP) is 1.76. The van der Waals surface area contributed by atoms with Gasteiger partial charge in [-0.2, -0.15) is 4.98 Å². The van der Waals surface area contributed by atoms with Gasteiger partial charge in [-0.3, -0.25) is 0 Å². The van der Waals surface area contributed by atoms with Crippen molar-refractivity contribution in [2.75, 3.05) is 38.2 Å². The number of fused-ring (bicyclic) bond motifs is 3. The van der Waals surface area contributed by atoms with Crippen molar-refractivity contribution >= 4 is 5.82 Å². The second-order valence-electron chi connectivity index (χ2n) is 5.16. The average Bonchev–Trinajstić information content (AvgIpc) is 2.74. The van der Waals surface area contributed by atoms with E-state index in [1.165, 1.54) is 32.4 Å². The fourth-order valence-corrected chi connectivity index (χ4v) is 3.08. The lowest BCUT2D eigenvalue weighted by Crippen LogP contribution is -2.39. The third-order valence-corrected chi connectivity index (χ3v) is 4.10. The van der Waals surface area contributed by atoms with E-state index in [9.17, 15) is 0 Å². The first-order valence-electron chi connectivity index (χ1n) is 6.87. The SMILES string of the molecule is COc1cccc(N2CCN3CCCC2CC3)n1. The van der Waals surface area contributed by atoms with E-state index in [1.54, 1.807) is 7.11 Å². The lowest BCUT2D eigenvalue weighted by molar-refractivity contribution is 0.298. The van der Waals surface area contributed by atoms with E-state index in [4.69, 9.17) is 4.74 Å². The van der Waals surface area contributed by atoms with Crippen LogP contribution in [0.2, 0.25) is 0 Å². The van der Waals surface area contributed by atoms with Crippen LogP contribution < -0.4 is 9.64 Å². The molecule has 2 saturated heterocycles. The van der Waals surface area contributed by atoms with Crippen LogP contribution in [0.15, 0.2) is 18.2 Å². The van der Waals surface area contributed by atoms with Crippen molar-refractivity contribution in [1.29, 1.82) is 0 Å². The molecule has 2 atom stereocenters. The van der Waals surface area contributed by atoms with E-state index in [1.807, 2.05) is 12.1 Å². The van der Waals surface area contributed by atoms with E-state index in [-0.39, 0.29) is 0 Å². The number of hydrogen-bond donors (Lipinski definition) is 0. The topological polar surface area (TPSA) is 28.6 Å². The molecule has 2 fully saturated rings. The number of rotatable bonds is 2. The number of anilines is 1. The molecule has 18 heavy (non-hydrogen) atoms. The predicted molar refractivity (Wildman–Crippen MR) is 72.2 cm³/mol. The van der Waals surface area contributed by atoms with Gasteiger partial charge in [0.2, 0.25) is 5.88 Å². The standard InChI is InChI=1S/C14H21N3O/c1-18-14-6-2-5-13(15-14)17-11-10-16-8-3-4-12(17)7-9-16/h2,5-6,12H,3-4,7-11H2,1H3. The van der Waals surface area contributed by atoms with Crippen molar-refractivity contribution < 1.29 is 4.74 Å². The number of nitrogens with zero attached hydrogens (tertiary/aromatic N) is 3. The maximum atomic E-state index is 5.23.